The summed E-state index contributed by atoms with van der Waals surface area (Å²) in [6, 6.07) is 3.68. The first-order valence-corrected chi connectivity index (χ1v) is 6.17. The van der Waals surface area contributed by atoms with Crippen LogP contribution in [0.1, 0.15) is 32.1 Å². The molecule has 0 fully saturated rings. The smallest absolute Gasteiger partial charge is 0.306 e. The number of hydrogen-bond acceptors (Lipinski definition) is 6. The van der Waals surface area contributed by atoms with Crippen molar-refractivity contribution in [2.45, 2.75) is 32.1 Å². The zero-order valence-electron chi connectivity index (χ0n) is 11.5. The average Bonchev–Trinajstić information content (AvgIpc) is 2.47. The summed E-state index contributed by atoms with van der Waals surface area (Å²) in [6.45, 7) is -0.112. The van der Waals surface area contributed by atoms with E-state index < -0.39 is 11.9 Å². The third-order valence-corrected chi connectivity index (χ3v) is 1.96. The van der Waals surface area contributed by atoms with Gasteiger partial charge in [-0.1, -0.05) is 23.7 Å². The summed E-state index contributed by atoms with van der Waals surface area (Å²) >= 11 is 0. The molecule has 0 unspecified atom stereocenters. The molecule has 0 rings (SSSR count). The number of rotatable bonds is 6. The second kappa shape index (κ2) is 13.5. The first-order chi connectivity index (χ1) is 10.2. The Kier molecular flexibility index (Phi) is 11.6. The molecule has 108 valence electrons. The molecule has 0 aliphatic rings. The second-order valence-corrected chi connectivity index (χ2v) is 3.55. The van der Waals surface area contributed by atoms with Crippen LogP contribution in [0.5, 0.6) is 0 Å². The van der Waals surface area contributed by atoms with Crippen LogP contribution in [0.3, 0.4) is 0 Å². The van der Waals surface area contributed by atoms with Gasteiger partial charge in [-0.2, -0.15) is 10.5 Å². The maximum absolute atomic E-state index is 11.2. The molecule has 21 heavy (non-hydrogen) atoms. The number of ether oxygens (including phenoxy) is 2. The maximum atomic E-state index is 11.2. The standard InChI is InChI=1S/C15H14N2O4/c16-10-3-1-5-12-20-14(18)8-7-9-15(19)21-13-6-2-4-11-17/h3-4,7-9,12-13H2. The predicted molar refractivity (Wildman–Crippen MR) is 71.8 cm³/mol. The molecule has 0 heterocycles. The van der Waals surface area contributed by atoms with Gasteiger partial charge in [0.15, 0.2) is 13.2 Å². The summed E-state index contributed by atoms with van der Waals surface area (Å²) in [6.07, 6.45) is 0.695. The molecule has 0 radical (unpaired) electrons. The zero-order chi connectivity index (χ0) is 15.8. The van der Waals surface area contributed by atoms with Gasteiger partial charge in [-0.05, 0) is 6.42 Å². The SMILES string of the molecule is N#CCC#CCOC(=O)CCCC(=O)OCC#CCC#N. The highest BCUT2D eigenvalue weighted by atomic mass is 16.5. The lowest BCUT2D eigenvalue weighted by molar-refractivity contribution is -0.144. The van der Waals surface area contributed by atoms with Crippen molar-refractivity contribution in [2.75, 3.05) is 13.2 Å². The van der Waals surface area contributed by atoms with Crippen LogP contribution in [-0.4, -0.2) is 25.2 Å². The fraction of sp³-hybridized carbons (Fsp3) is 0.467. The molecule has 0 saturated carbocycles. The van der Waals surface area contributed by atoms with Gasteiger partial charge in [0.25, 0.3) is 0 Å². The number of carbonyl (C=O) groups excluding carboxylic acids is 2. The lowest BCUT2D eigenvalue weighted by Crippen LogP contribution is -2.08. The lowest BCUT2D eigenvalue weighted by atomic mass is 10.2. The minimum absolute atomic E-state index is 0.0561. The Bertz CT molecular complexity index is 497. The van der Waals surface area contributed by atoms with Crippen molar-refractivity contribution in [3.63, 3.8) is 0 Å². The van der Waals surface area contributed by atoms with Crippen LogP contribution in [0.2, 0.25) is 0 Å². The number of hydrogen-bond donors (Lipinski definition) is 0. The highest BCUT2D eigenvalue weighted by Crippen LogP contribution is 1.99. The van der Waals surface area contributed by atoms with E-state index in [1.165, 1.54) is 0 Å². The Morgan fingerprint density at radius 1 is 0.762 bits per heavy atom. The van der Waals surface area contributed by atoms with E-state index in [1.54, 1.807) is 0 Å². The van der Waals surface area contributed by atoms with E-state index in [-0.39, 0.29) is 38.9 Å². The van der Waals surface area contributed by atoms with Crippen LogP contribution < -0.4 is 0 Å². The van der Waals surface area contributed by atoms with Gasteiger partial charge < -0.3 is 9.47 Å². The number of nitriles is 2. The quantitative estimate of drug-likeness (QED) is 0.535. The van der Waals surface area contributed by atoms with Crippen molar-refractivity contribution >= 4 is 11.9 Å². The first kappa shape index (κ1) is 18.0. The van der Waals surface area contributed by atoms with E-state index in [2.05, 4.69) is 23.7 Å². The molecule has 0 aromatic heterocycles. The van der Waals surface area contributed by atoms with E-state index in [0.717, 1.165) is 0 Å². The Hall–Kier alpha value is -2.96. The molecule has 6 nitrogen and oxygen atoms in total. The fourth-order valence-electron chi connectivity index (χ4n) is 1.06. The van der Waals surface area contributed by atoms with Crippen LogP contribution in [-0.2, 0) is 19.1 Å². The fourth-order valence-corrected chi connectivity index (χ4v) is 1.06. The number of esters is 2. The van der Waals surface area contributed by atoms with Crippen molar-refractivity contribution in [3.05, 3.63) is 0 Å². The highest BCUT2D eigenvalue weighted by Gasteiger charge is 2.06. The zero-order valence-corrected chi connectivity index (χ0v) is 11.5. The van der Waals surface area contributed by atoms with Crippen molar-refractivity contribution in [1.82, 2.24) is 0 Å². The molecule has 0 aliphatic carbocycles. The molecule has 0 atom stereocenters. The highest BCUT2D eigenvalue weighted by molar-refractivity contribution is 5.72. The molecular weight excluding hydrogens is 272 g/mol. The van der Waals surface area contributed by atoms with Gasteiger partial charge >= 0.3 is 11.9 Å². The Morgan fingerprint density at radius 2 is 1.19 bits per heavy atom. The predicted octanol–water partition coefficient (Wildman–Crippen LogP) is 1.08. The second-order valence-electron chi connectivity index (χ2n) is 3.55. The van der Waals surface area contributed by atoms with Gasteiger partial charge in [0.05, 0.1) is 25.0 Å². The van der Waals surface area contributed by atoms with E-state index >= 15 is 0 Å². The van der Waals surface area contributed by atoms with E-state index in [1.807, 2.05) is 12.1 Å². The Balaban J connectivity index is 3.62. The molecule has 0 saturated heterocycles. The minimum Gasteiger partial charge on any atom is -0.452 e. The lowest BCUT2D eigenvalue weighted by Gasteiger charge is -2.01. The van der Waals surface area contributed by atoms with Gasteiger partial charge in [0.1, 0.15) is 0 Å². The van der Waals surface area contributed by atoms with Crippen LogP contribution in [0.15, 0.2) is 0 Å². The molecule has 0 N–H and O–H groups in total. The summed E-state index contributed by atoms with van der Waals surface area (Å²) in [5.41, 5.74) is 0. The summed E-state index contributed by atoms with van der Waals surface area (Å²) in [5.74, 6) is 9.13. The van der Waals surface area contributed by atoms with Crippen molar-refractivity contribution in [3.8, 4) is 35.8 Å². The average molecular weight is 286 g/mol. The molecule has 0 aromatic carbocycles. The van der Waals surface area contributed by atoms with Crippen LogP contribution in [0, 0.1) is 46.3 Å². The summed E-state index contributed by atoms with van der Waals surface area (Å²) in [7, 11) is 0. The largest absolute Gasteiger partial charge is 0.452 e. The molecule has 6 heteroatoms. The number of nitrogens with zero attached hydrogens (tertiary/aromatic N) is 2. The van der Waals surface area contributed by atoms with Gasteiger partial charge in [-0.15, -0.1) is 0 Å². The molecule has 0 aliphatic heterocycles. The Labute approximate surface area is 123 Å². The van der Waals surface area contributed by atoms with Gasteiger partial charge in [0.2, 0.25) is 0 Å². The normalized spacial score (nSPS) is 7.90. The minimum atomic E-state index is -0.456. The van der Waals surface area contributed by atoms with Crippen LogP contribution in [0.25, 0.3) is 0 Å². The molecule has 0 bridgehead atoms. The summed E-state index contributed by atoms with van der Waals surface area (Å²) in [4.78, 5) is 22.5. The maximum Gasteiger partial charge on any atom is 0.306 e. The molecule has 0 spiro atoms. The third kappa shape index (κ3) is 13.3. The van der Waals surface area contributed by atoms with Gasteiger partial charge in [0, 0.05) is 12.8 Å². The number of carbonyl (C=O) groups is 2. The molecule has 0 amide bonds. The summed E-state index contributed by atoms with van der Waals surface area (Å²) in [5, 5.41) is 16.4. The molecular formula is C15H14N2O4. The van der Waals surface area contributed by atoms with Crippen molar-refractivity contribution < 1.29 is 19.1 Å². The topological polar surface area (TPSA) is 100 Å². The van der Waals surface area contributed by atoms with Gasteiger partial charge in [-0.25, -0.2) is 0 Å². The van der Waals surface area contributed by atoms with E-state index in [4.69, 9.17) is 20.0 Å². The van der Waals surface area contributed by atoms with Gasteiger partial charge in [-0.3, -0.25) is 9.59 Å². The molecule has 0 aromatic rings. The van der Waals surface area contributed by atoms with Crippen LogP contribution >= 0.6 is 0 Å². The van der Waals surface area contributed by atoms with Crippen molar-refractivity contribution in [1.29, 1.82) is 10.5 Å². The first-order valence-electron chi connectivity index (χ1n) is 6.17. The van der Waals surface area contributed by atoms with Crippen molar-refractivity contribution in [2.24, 2.45) is 0 Å². The van der Waals surface area contributed by atoms with E-state index in [9.17, 15) is 9.59 Å². The van der Waals surface area contributed by atoms with Crippen LogP contribution in [0.4, 0.5) is 0 Å². The monoisotopic (exact) mass is 286 g/mol. The third-order valence-electron chi connectivity index (χ3n) is 1.96. The summed E-state index contributed by atoms with van der Waals surface area (Å²) < 4.78 is 9.54. The Morgan fingerprint density at radius 3 is 1.57 bits per heavy atom. The van der Waals surface area contributed by atoms with E-state index in [0.29, 0.717) is 6.42 Å².